The first-order valence-corrected chi connectivity index (χ1v) is 9.14. The minimum Gasteiger partial charge on any atom is -0.465 e. The van der Waals surface area contributed by atoms with Gasteiger partial charge in [0.15, 0.2) is 0 Å². The van der Waals surface area contributed by atoms with Crippen molar-refractivity contribution in [3.8, 4) is 0 Å². The van der Waals surface area contributed by atoms with Gasteiger partial charge in [-0.1, -0.05) is 25.4 Å². The number of methoxy groups -OCH3 is 1. The minimum absolute atomic E-state index is 0.159. The van der Waals surface area contributed by atoms with Crippen LogP contribution in [0, 0.1) is 0 Å². The van der Waals surface area contributed by atoms with Crippen LogP contribution >= 0.6 is 11.6 Å². The van der Waals surface area contributed by atoms with E-state index in [9.17, 15) is 9.59 Å². The third-order valence-electron chi connectivity index (χ3n) is 3.82. The van der Waals surface area contributed by atoms with E-state index in [2.05, 4.69) is 38.8 Å². The highest BCUT2D eigenvalue weighted by Crippen LogP contribution is 2.24. The Kier molecular flexibility index (Phi) is 7.55. The van der Waals surface area contributed by atoms with Crippen molar-refractivity contribution in [2.75, 3.05) is 30.4 Å². The third kappa shape index (κ3) is 5.40. The topological polar surface area (TPSA) is 84.4 Å². The molecule has 2 aromatic rings. The maximum Gasteiger partial charge on any atom is 0.337 e. The molecule has 1 N–H and O–H groups in total. The quantitative estimate of drug-likeness (QED) is 0.690. The molecule has 2 rings (SSSR count). The Bertz CT molecular complexity index is 790. The summed E-state index contributed by atoms with van der Waals surface area (Å²) in [5, 5.41) is 2.95. The molecule has 1 aromatic heterocycles. The van der Waals surface area contributed by atoms with E-state index in [4.69, 9.17) is 11.6 Å². The van der Waals surface area contributed by atoms with E-state index in [1.807, 2.05) is 0 Å². The van der Waals surface area contributed by atoms with Crippen molar-refractivity contribution in [3.05, 3.63) is 46.9 Å². The zero-order valence-electron chi connectivity index (χ0n) is 15.7. The fraction of sp³-hybridized carbons (Fsp3) is 0.368. The van der Waals surface area contributed by atoms with E-state index >= 15 is 0 Å². The van der Waals surface area contributed by atoms with Gasteiger partial charge in [-0.05, 0) is 31.0 Å². The molecule has 0 unspecified atom stereocenters. The molecule has 1 amide bonds. The number of halogens is 1. The molecule has 1 aromatic carbocycles. The second-order valence-corrected chi connectivity index (χ2v) is 6.29. The Hall–Kier alpha value is -2.67. The lowest BCUT2D eigenvalue weighted by Gasteiger charge is -2.22. The van der Waals surface area contributed by atoms with Gasteiger partial charge in [-0.2, -0.15) is 0 Å². The number of rotatable bonds is 8. The van der Waals surface area contributed by atoms with E-state index in [1.165, 1.54) is 31.5 Å². The van der Waals surface area contributed by atoms with Gasteiger partial charge >= 0.3 is 5.97 Å². The fourth-order valence-corrected chi connectivity index (χ4v) is 2.70. The van der Waals surface area contributed by atoms with Gasteiger partial charge in [0.1, 0.15) is 11.5 Å². The predicted octanol–water partition coefficient (Wildman–Crippen LogP) is 3.80. The van der Waals surface area contributed by atoms with Crippen LogP contribution in [0.3, 0.4) is 0 Å². The van der Waals surface area contributed by atoms with E-state index in [0.29, 0.717) is 10.7 Å². The van der Waals surface area contributed by atoms with Crippen LogP contribution in [0.15, 0.2) is 30.6 Å². The molecule has 0 aliphatic carbocycles. The molecule has 144 valence electrons. The number of carbonyl (C=O) groups excluding carboxylic acids is 2. The first-order valence-electron chi connectivity index (χ1n) is 8.76. The zero-order chi connectivity index (χ0) is 19.8. The van der Waals surface area contributed by atoms with Crippen LogP contribution < -0.4 is 10.2 Å². The average molecular weight is 391 g/mol. The highest BCUT2D eigenvalue weighted by Gasteiger charge is 2.14. The lowest BCUT2D eigenvalue weighted by molar-refractivity contribution is 0.0600. The Labute approximate surface area is 163 Å². The van der Waals surface area contributed by atoms with Crippen LogP contribution in [0.1, 0.15) is 47.5 Å². The summed E-state index contributed by atoms with van der Waals surface area (Å²) in [6.45, 7) is 5.96. The number of carbonyl (C=O) groups is 2. The number of aromatic nitrogens is 2. The number of hydrogen-bond donors (Lipinski definition) is 1. The van der Waals surface area contributed by atoms with Gasteiger partial charge in [-0.25, -0.2) is 14.8 Å². The monoisotopic (exact) mass is 390 g/mol. The zero-order valence-corrected chi connectivity index (χ0v) is 16.4. The van der Waals surface area contributed by atoms with Crippen LogP contribution in [0.25, 0.3) is 0 Å². The number of nitrogens with zero attached hydrogens (tertiary/aromatic N) is 3. The Balaban J connectivity index is 2.15. The number of ether oxygens (including phenoxy) is 1. The number of anilines is 2. The lowest BCUT2D eigenvalue weighted by Crippen LogP contribution is -2.26. The Morgan fingerprint density at radius 2 is 1.85 bits per heavy atom. The smallest absolute Gasteiger partial charge is 0.337 e. The Morgan fingerprint density at radius 3 is 2.41 bits per heavy atom. The molecule has 7 nitrogen and oxygen atoms in total. The number of hydrogen-bond acceptors (Lipinski definition) is 6. The summed E-state index contributed by atoms with van der Waals surface area (Å²) in [6.07, 6.45) is 5.02. The van der Waals surface area contributed by atoms with Crippen LogP contribution in [-0.2, 0) is 4.74 Å². The first-order chi connectivity index (χ1) is 13.0. The molecule has 0 aliphatic rings. The van der Waals surface area contributed by atoms with Crippen molar-refractivity contribution in [1.82, 2.24) is 9.97 Å². The normalized spacial score (nSPS) is 10.4. The molecule has 0 saturated heterocycles. The van der Waals surface area contributed by atoms with Gasteiger partial charge in [-0.3, -0.25) is 4.79 Å². The molecule has 0 radical (unpaired) electrons. The van der Waals surface area contributed by atoms with Crippen molar-refractivity contribution in [3.63, 3.8) is 0 Å². The molecule has 8 heteroatoms. The van der Waals surface area contributed by atoms with Crippen molar-refractivity contribution >= 4 is 35.0 Å². The van der Waals surface area contributed by atoms with Crippen LogP contribution in [0.4, 0.5) is 11.5 Å². The summed E-state index contributed by atoms with van der Waals surface area (Å²) in [5.74, 6) is -0.241. The van der Waals surface area contributed by atoms with Gasteiger partial charge in [-0.15, -0.1) is 0 Å². The van der Waals surface area contributed by atoms with Crippen LogP contribution in [0.2, 0.25) is 5.02 Å². The molecule has 0 spiro atoms. The predicted molar refractivity (Wildman–Crippen MR) is 106 cm³/mol. The van der Waals surface area contributed by atoms with Gasteiger partial charge in [0.2, 0.25) is 0 Å². The van der Waals surface area contributed by atoms with Crippen LogP contribution in [0.5, 0.6) is 0 Å². The van der Waals surface area contributed by atoms with Crippen molar-refractivity contribution in [1.29, 1.82) is 0 Å². The average Bonchev–Trinajstić information content (AvgIpc) is 2.69. The minimum atomic E-state index is -0.516. The second-order valence-electron chi connectivity index (χ2n) is 5.89. The van der Waals surface area contributed by atoms with Crippen molar-refractivity contribution in [2.45, 2.75) is 26.7 Å². The fourth-order valence-electron chi connectivity index (χ4n) is 2.53. The molecule has 0 atom stereocenters. The highest BCUT2D eigenvalue weighted by atomic mass is 35.5. The van der Waals surface area contributed by atoms with Gasteiger partial charge in [0, 0.05) is 13.1 Å². The maximum atomic E-state index is 12.4. The van der Waals surface area contributed by atoms with E-state index in [0.717, 1.165) is 31.7 Å². The summed E-state index contributed by atoms with van der Waals surface area (Å²) in [4.78, 5) is 34.8. The van der Waals surface area contributed by atoms with E-state index in [1.54, 1.807) is 6.20 Å². The lowest BCUT2D eigenvalue weighted by atomic mass is 10.2. The third-order valence-corrected chi connectivity index (χ3v) is 4.15. The van der Waals surface area contributed by atoms with E-state index in [-0.39, 0.29) is 11.3 Å². The SMILES string of the molecule is CCCN(CCC)c1cnc(C(=O)Nc2cc(C(=O)OC)ccc2Cl)cn1. The number of benzene rings is 1. The summed E-state index contributed by atoms with van der Waals surface area (Å²) >= 11 is 6.10. The molecule has 0 saturated carbocycles. The largest absolute Gasteiger partial charge is 0.465 e. The molecule has 0 aliphatic heterocycles. The van der Waals surface area contributed by atoms with E-state index < -0.39 is 11.9 Å². The number of amides is 1. The Morgan fingerprint density at radius 1 is 1.15 bits per heavy atom. The number of esters is 1. The van der Waals surface area contributed by atoms with Gasteiger partial charge in [0.25, 0.3) is 5.91 Å². The van der Waals surface area contributed by atoms with Crippen molar-refractivity contribution < 1.29 is 14.3 Å². The second kappa shape index (κ2) is 9.87. The molecule has 0 fully saturated rings. The van der Waals surface area contributed by atoms with Crippen molar-refractivity contribution in [2.24, 2.45) is 0 Å². The molecular weight excluding hydrogens is 368 g/mol. The molecule has 0 bridgehead atoms. The highest BCUT2D eigenvalue weighted by molar-refractivity contribution is 6.34. The number of nitrogens with one attached hydrogen (secondary N) is 1. The molecular formula is C19H23ClN4O3. The van der Waals surface area contributed by atoms with Gasteiger partial charge < -0.3 is 15.0 Å². The summed E-state index contributed by atoms with van der Waals surface area (Å²) < 4.78 is 4.67. The molecule has 27 heavy (non-hydrogen) atoms. The molecule has 1 heterocycles. The summed E-state index contributed by atoms with van der Waals surface area (Å²) in [7, 11) is 1.28. The van der Waals surface area contributed by atoms with Crippen LogP contribution in [-0.4, -0.2) is 42.0 Å². The summed E-state index contributed by atoms with van der Waals surface area (Å²) in [6, 6.07) is 4.50. The maximum absolute atomic E-state index is 12.4. The standard InChI is InChI=1S/C19H23ClN4O3/c1-4-8-24(9-5-2)17-12-21-16(11-22-17)18(25)23-15-10-13(19(26)27-3)6-7-14(15)20/h6-7,10-12H,4-5,8-9H2,1-3H3,(H,23,25). The summed E-state index contributed by atoms with van der Waals surface area (Å²) in [5.41, 5.74) is 0.744. The van der Waals surface area contributed by atoms with Gasteiger partial charge in [0.05, 0.1) is 35.8 Å². The first kappa shape index (κ1) is 20.6.